The first-order valence-corrected chi connectivity index (χ1v) is 33.5. The average molecular weight is 1570 g/mol. The Morgan fingerprint density at radius 1 is 0.217 bits per heavy atom. The summed E-state index contributed by atoms with van der Waals surface area (Å²) in [6, 6.07) is 0. The second kappa shape index (κ2) is 38.0. The first-order valence-electron chi connectivity index (χ1n) is 33.5. The number of aliphatic hydroxyl groups is 32. The zero-order valence-electron chi connectivity index (χ0n) is 55.3. The number of ether oxygens (including phenoxy) is 17. The Kier molecular flexibility index (Phi) is 31.5. The van der Waals surface area contributed by atoms with Crippen LogP contribution in [0.2, 0.25) is 0 Å². The Bertz CT molecular complexity index is 2620. The largest absolute Gasteiger partial charge is 0.394 e. The van der Waals surface area contributed by atoms with E-state index in [1.165, 1.54) is 0 Å². The summed E-state index contributed by atoms with van der Waals surface area (Å²) in [7, 11) is 0. The van der Waals surface area contributed by atoms with Crippen LogP contribution in [0.15, 0.2) is 0 Å². The van der Waals surface area contributed by atoms with E-state index in [0.717, 1.165) is 0 Å². The van der Waals surface area contributed by atoms with Gasteiger partial charge in [-0.25, -0.2) is 0 Å². The lowest BCUT2D eigenvalue weighted by molar-refractivity contribution is -0.411. The van der Waals surface area contributed by atoms with Gasteiger partial charge < -0.3 is 244 Å². The molecule has 0 aromatic rings. The topological polar surface area (TPSA) is 804 Å². The van der Waals surface area contributed by atoms with Gasteiger partial charge in [0.15, 0.2) is 56.6 Å². The molecule has 9 aliphatic heterocycles. The molecule has 9 aliphatic rings. The number of rotatable bonds is 28. The van der Waals surface area contributed by atoms with E-state index in [4.69, 9.17) is 80.5 Å². The molecule has 620 valence electrons. The van der Waals surface area contributed by atoms with Crippen LogP contribution in [0.5, 0.6) is 0 Å². The predicted octanol–water partition coefficient (Wildman–Crippen LogP) is -22.5. The van der Waals surface area contributed by atoms with Gasteiger partial charge in [-0.1, -0.05) is 0 Å². The van der Waals surface area contributed by atoms with Gasteiger partial charge in [-0.3, -0.25) is 0 Å². The zero-order chi connectivity index (χ0) is 78.1. The lowest BCUT2D eigenvalue weighted by Crippen LogP contribution is -2.69. The van der Waals surface area contributed by atoms with Crippen molar-refractivity contribution in [1.82, 2.24) is 0 Å². The van der Waals surface area contributed by atoms with Crippen LogP contribution in [0.3, 0.4) is 0 Å². The van der Waals surface area contributed by atoms with Gasteiger partial charge in [0.05, 0.1) is 59.5 Å². The maximum Gasteiger partial charge on any atom is 0.187 e. The molecule has 0 amide bonds. The van der Waals surface area contributed by atoms with Crippen molar-refractivity contribution in [3.05, 3.63) is 0 Å². The smallest absolute Gasteiger partial charge is 0.187 e. The number of hydrogen-bond acceptors (Lipinski definition) is 49. The van der Waals surface area contributed by atoms with Crippen LogP contribution in [0.4, 0.5) is 0 Å². The van der Waals surface area contributed by atoms with Crippen molar-refractivity contribution in [1.29, 1.82) is 0 Å². The van der Waals surface area contributed by atoms with Crippen molar-refractivity contribution in [3.8, 4) is 0 Å². The Morgan fingerprint density at radius 3 is 0.953 bits per heavy atom. The molecule has 0 aromatic heterocycles. The molecule has 9 saturated heterocycles. The normalized spacial score (nSPS) is 52.2. The van der Waals surface area contributed by atoms with Crippen molar-refractivity contribution in [2.24, 2.45) is 0 Å². The van der Waals surface area contributed by atoms with Crippen LogP contribution in [0.25, 0.3) is 0 Å². The molecule has 32 N–H and O–H groups in total. The van der Waals surface area contributed by atoms with E-state index in [-0.39, 0.29) is 0 Å². The average Bonchev–Trinajstić information content (AvgIpc) is 0.774. The third-order valence-corrected chi connectivity index (χ3v) is 19.7. The molecule has 9 fully saturated rings. The van der Waals surface area contributed by atoms with E-state index >= 15 is 0 Å². The predicted molar refractivity (Wildman–Crippen MR) is 315 cm³/mol. The zero-order valence-corrected chi connectivity index (χ0v) is 55.3. The van der Waals surface area contributed by atoms with Crippen molar-refractivity contribution >= 4 is 0 Å². The Labute approximate surface area is 596 Å². The Hall–Kier alpha value is -1.96. The van der Waals surface area contributed by atoms with Gasteiger partial charge in [-0.05, 0) is 0 Å². The lowest BCUT2D eigenvalue weighted by atomic mass is 9.93. The van der Waals surface area contributed by atoms with Gasteiger partial charge in [-0.2, -0.15) is 0 Å². The quantitative estimate of drug-likeness (QED) is 0.0346. The fraction of sp³-hybridized carbons (Fsp3) is 1.00. The standard InChI is InChI=1S/C57H98O49/c58-1-10(64)41-28(76)31(79)46(49(89)99-41)104-56-48(33(81)30(78)43(101-56)12(66)7-90-52-39(87)34(82)44(16(6-63)96-52)102-55-40(88)45(23(71)15(5-62)95-55)103-53-37(85)25(73)20(68)14(4-61)94-53)106-57-47(32(80)29(77)42(100-57)11(65)2-59)105-54-38(86)27(75)22(70)18(98-54)9-92-51-36(84)26(74)21(69)17(97-51)8-91-50-35(83)24(72)19(67)13(3-60)93-50/h10-89H,1-9H2/t10-,11+,12+,13+,14+,15+,16+,17+,18+,19+,20+,21+,22+,23+,24-,25-,26-,27-,28-,29-,30-,31-,32-,33-,34+,35+,36+,37+,38+,39+,40+,41+,42+,43+,44-,45-,46-,47-,48-,49-,50-,51-,52+,53+,54+,55+,56+,57+/m0/s1. The van der Waals surface area contributed by atoms with Crippen LogP contribution in [0.1, 0.15) is 0 Å². The summed E-state index contributed by atoms with van der Waals surface area (Å²) in [5.74, 6) is 0. The molecule has 106 heavy (non-hydrogen) atoms. The molecular weight excluding hydrogens is 1470 g/mol. The van der Waals surface area contributed by atoms with E-state index in [1.54, 1.807) is 0 Å². The molecule has 0 unspecified atom stereocenters. The van der Waals surface area contributed by atoms with Crippen molar-refractivity contribution < 1.29 is 244 Å². The van der Waals surface area contributed by atoms with Crippen LogP contribution < -0.4 is 0 Å². The fourth-order valence-corrected chi connectivity index (χ4v) is 13.3. The third kappa shape index (κ3) is 18.5. The van der Waals surface area contributed by atoms with Crippen molar-refractivity contribution in [2.45, 2.75) is 295 Å². The minimum atomic E-state index is -2.63. The second-order valence-corrected chi connectivity index (χ2v) is 26.8. The Balaban J connectivity index is 0.909. The lowest BCUT2D eigenvalue weighted by Gasteiger charge is -2.50. The second-order valence-electron chi connectivity index (χ2n) is 26.8. The van der Waals surface area contributed by atoms with E-state index in [1.807, 2.05) is 0 Å². The summed E-state index contributed by atoms with van der Waals surface area (Å²) in [5.41, 5.74) is 0. The van der Waals surface area contributed by atoms with Crippen LogP contribution in [-0.2, 0) is 80.5 Å². The van der Waals surface area contributed by atoms with E-state index in [9.17, 15) is 163 Å². The van der Waals surface area contributed by atoms with Gasteiger partial charge in [0, 0.05) is 0 Å². The molecule has 48 atom stereocenters. The maximum absolute atomic E-state index is 12.1. The fourth-order valence-electron chi connectivity index (χ4n) is 13.3. The first kappa shape index (κ1) is 88.0. The minimum absolute atomic E-state index is 0.830. The molecule has 0 aliphatic carbocycles. The minimum Gasteiger partial charge on any atom is -0.394 e. The summed E-state index contributed by atoms with van der Waals surface area (Å²) in [4.78, 5) is 0. The van der Waals surface area contributed by atoms with Crippen LogP contribution in [-0.4, -0.2) is 518 Å². The highest BCUT2D eigenvalue weighted by molar-refractivity contribution is 5.03. The summed E-state index contributed by atoms with van der Waals surface area (Å²) in [5, 5.41) is 346. The van der Waals surface area contributed by atoms with Gasteiger partial charge in [0.25, 0.3) is 0 Å². The highest BCUT2D eigenvalue weighted by atomic mass is 16.8. The molecule has 49 nitrogen and oxygen atoms in total. The molecule has 9 rings (SSSR count). The molecular formula is C57H98O49. The first-order chi connectivity index (χ1) is 50.1. The number of aliphatic hydroxyl groups excluding tert-OH is 32. The van der Waals surface area contributed by atoms with E-state index < -0.39 is 354 Å². The van der Waals surface area contributed by atoms with Crippen molar-refractivity contribution in [2.75, 3.05) is 59.5 Å². The number of hydrogen-bond donors (Lipinski definition) is 32. The highest BCUT2D eigenvalue weighted by Crippen LogP contribution is 2.39. The maximum atomic E-state index is 12.1. The summed E-state index contributed by atoms with van der Waals surface area (Å²) in [6.07, 6.45) is -103. The van der Waals surface area contributed by atoms with Crippen LogP contribution >= 0.6 is 0 Å². The van der Waals surface area contributed by atoms with Crippen LogP contribution in [0, 0.1) is 0 Å². The molecule has 0 bridgehead atoms. The van der Waals surface area contributed by atoms with Gasteiger partial charge in [-0.15, -0.1) is 0 Å². The molecule has 0 radical (unpaired) electrons. The van der Waals surface area contributed by atoms with E-state index in [0.29, 0.717) is 0 Å². The summed E-state index contributed by atoms with van der Waals surface area (Å²) < 4.78 is 95.4. The molecule has 0 spiro atoms. The molecule has 49 heteroatoms. The molecule has 0 aromatic carbocycles. The Morgan fingerprint density at radius 2 is 0.509 bits per heavy atom. The molecule has 0 saturated carbocycles. The van der Waals surface area contributed by atoms with E-state index in [2.05, 4.69) is 0 Å². The highest BCUT2D eigenvalue weighted by Gasteiger charge is 2.60. The monoisotopic (exact) mass is 1570 g/mol. The van der Waals surface area contributed by atoms with Crippen molar-refractivity contribution in [3.63, 3.8) is 0 Å². The van der Waals surface area contributed by atoms with Gasteiger partial charge in [0.1, 0.15) is 238 Å². The SMILES string of the molecule is OC[C@@H](O)[C@H]1O[C@H](O[C@@H]2[C@@H](O[C@H]3[C@@H](O)[C@H](O)[C@@H]([C@@H](O)CO)O[C@@H]3O)O[C@H]([C@H](O)CO[C@@H]3O[C@H](CO)[C@H](O[C@H]4O[C@H](CO)[C@@H](O)[C@H](O[C@H]5O[C@H](CO)[C@@H](O)[C@H](O)[C@H]5O)[C@H]4O)[C@H](O)[C@H]3O)[C@@H](O)[C@@H]2O)[C@@H](O[C@H]2O[C@H](CO[C@H]3O[C@H](CO[C@H]4O[C@H](CO)[C@@H](O)[C@H](O)[C@H]4O)[C@@H](O)[C@H](O)[C@H]3O)[C@@H](O)[C@H](O)[C@H]2O)[C@@H](O)[C@@H]1O. The van der Waals surface area contributed by atoms with Gasteiger partial charge in [0.2, 0.25) is 0 Å². The third-order valence-electron chi connectivity index (χ3n) is 19.7. The summed E-state index contributed by atoms with van der Waals surface area (Å²) in [6.45, 7) is -9.42. The summed E-state index contributed by atoms with van der Waals surface area (Å²) >= 11 is 0. The van der Waals surface area contributed by atoms with Gasteiger partial charge >= 0.3 is 0 Å². The molecule has 9 heterocycles.